The van der Waals surface area contributed by atoms with Crippen LogP contribution >= 0.6 is 11.6 Å². The van der Waals surface area contributed by atoms with Crippen LogP contribution in [0.15, 0.2) is 30.5 Å². The highest BCUT2D eigenvalue weighted by molar-refractivity contribution is 6.31. The van der Waals surface area contributed by atoms with Gasteiger partial charge in [0, 0.05) is 16.7 Å². The van der Waals surface area contributed by atoms with E-state index in [1.165, 1.54) is 0 Å². The maximum absolute atomic E-state index is 11.5. The second-order valence-corrected chi connectivity index (χ2v) is 4.04. The molecule has 0 spiro atoms. The second kappa shape index (κ2) is 5.21. The van der Waals surface area contributed by atoms with Gasteiger partial charge in [0.25, 0.3) is 5.91 Å². The van der Waals surface area contributed by atoms with E-state index in [2.05, 4.69) is 5.48 Å². The van der Waals surface area contributed by atoms with Gasteiger partial charge in [-0.3, -0.25) is 9.63 Å². The van der Waals surface area contributed by atoms with E-state index in [0.29, 0.717) is 11.6 Å². The highest BCUT2D eigenvalue weighted by Crippen LogP contribution is 2.20. The number of hydrogen-bond acceptors (Lipinski definition) is 2. The molecule has 0 atom stereocenters. The highest BCUT2D eigenvalue weighted by atomic mass is 35.5. The van der Waals surface area contributed by atoms with Crippen molar-refractivity contribution in [3.63, 3.8) is 0 Å². The van der Waals surface area contributed by atoms with Gasteiger partial charge in [-0.05, 0) is 30.5 Å². The Labute approximate surface area is 104 Å². The number of carbonyl (C=O) groups is 1. The van der Waals surface area contributed by atoms with E-state index in [0.717, 1.165) is 10.9 Å². The van der Waals surface area contributed by atoms with Crippen molar-refractivity contribution in [2.24, 2.45) is 0 Å². The number of hydroxylamine groups is 1. The Morgan fingerprint density at radius 1 is 1.47 bits per heavy atom. The number of carbonyl (C=O) groups excluding carboxylic acids is 1. The molecule has 5 heteroatoms. The van der Waals surface area contributed by atoms with Gasteiger partial charge in [-0.1, -0.05) is 17.7 Å². The number of amides is 1. The third kappa shape index (κ3) is 2.78. The maximum Gasteiger partial charge on any atom is 0.263 e. The molecule has 2 rings (SSSR count). The van der Waals surface area contributed by atoms with Crippen molar-refractivity contribution in [2.45, 2.75) is 13.5 Å². The van der Waals surface area contributed by atoms with Gasteiger partial charge >= 0.3 is 0 Å². The molecule has 0 aliphatic heterocycles. The summed E-state index contributed by atoms with van der Waals surface area (Å²) in [5.74, 6) is -0.190. The van der Waals surface area contributed by atoms with Gasteiger partial charge in [0.05, 0.1) is 6.61 Å². The van der Waals surface area contributed by atoms with E-state index in [1.54, 1.807) is 0 Å². The van der Waals surface area contributed by atoms with Crippen molar-refractivity contribution in [1.82, 2.24) is 10.0 Å². The molecule has 0 fully saturated rings. The Balaban J connectivity index is 2.18. The van der Waals surface area contributed by atoms with Crippen LogP contribution in [0, 0.1) is 0 Å². The van der Waals surface area contributed by atoms with Crippen molar-refractivity contribution in [1.29, 1.82) is 0 Å². The van der Waals surface area contributed by atoms with Gasteiger partial charge in [0.15, 0.2) is 0 Å². The molecule has 4 nitrogen and oxygen atoms in total. The Bertz CT molecular complexity index is 536. The highest BCUT2D eigenvalue weighted by Gasteiger charge is 2.06. The first-order valence-electron chi connectivity index (χ1n) is 5.35. The normalized spacial score (nSPS) is 10.7. The van der Waals surface area contributed by atoms with Gasteiger partial charge < -0.3 is 4.57 Å². The largest absolute Gasteiger partial charge is 0.338 e. The fourth-order valence-corrected chi connectivity index (χ4v) is 1.80. The van der Waals surface area contributed by atoms with Gasteiger partial charge in [0.1, 0.15) is 6.54 Å². The summed E-state index contributed by atoms with van der Waals surface area (Å²) < 4.78 is 1.83. The van der Waals surface area contributed by atoms with Crippen LogP contribution in [0.25, 0.3) is 10.9 Å². The summed E-state index contributed by atoms with van der Waals surface area (Å²) in [4.78, 5) is 16.3. The van der Waals surface area contributed by atoms with E-state index in [1.807, 2.05) is 42.0 Å². The van der Waals surface area contributed by atoms with Crippen LogP contribution in [0.1, 0.15) is 6.92 Å². The molecule has 0 saturated carbocycles. The molecule has 0 aliphatic carbocycles. The van der Waals surface area contributed by atoms with Crippen LogP contribution in [0.3, 0.4) is 0 Å². The van der Waals surface area contributed by atoms with Crippen molar-refractivity contribution < 1.29 is 9.63 Å². The monoisotopic (exact) mass is 252 g/mol. The van der Waals surface area contributed by atoms with E-state index >= 15 is 0 Å². The fourth-order valence-electron chi connectivity index (χ4n) is 1.63. The molecule has 0 radical (unpaired) electrons. The zero-order valence-electron chi connectivity index (χ0n) is 9.44. The molecule has 1 aromatic heterocycles. The first kappa shape index (κ1) is 12.0. The number of nitrogens with zero attached hydrogens (tertiary/aromatic N) is 1. The molecule has 90 valence electrons. The second-order valence-electron chi connectivity index (χ2n) is 3.61. The van der Waals surface area contributed by atoms with Gasteiger partial charge in [-0.25, -0.2) is 5.48 Å². The molecule has 1 N–H and O–H groups in total. The molecule has 1 aromatic carbocycles. The van der Waals surface area contributed by atoms with E-state index < -0.39 is 0 Å². The summed E-state index contributed by atoms with van der Waals surface area (Å²) in [6.45, 7) is 2.47. The van der Waals surface area contributed by atoms with Crippen LogP contribution in [-0.4, -0.2) is 17.1 Å². The third-order valence-electron chi connectivity index (χ3n) is 2.38. The molecular formula is C12H13ClN2O2. The first-order chi connectivity index (χ1) is 8.20. The Hall–Kier alpha value is -1.52. The van der Waals surface area contributed by atoms with Crippen molar-refractivity contribution in [2.75, 3.05) is 6.61 Å². The Kier molecular flexibility index (Phi) is 3.66. The average molecular weight is 253 g/mol. The summed E-state index contributed by atoms with van der Waals surface area (Å²) in [7, 11) is 0. The van der Waals surface area contributed by atoms with E-state index in [4.69, 9.17) is 16.4 Å². The summed E-state index contributed by atoms with van der Waals surface area (Å²) >= 11 is 5.93. The van der Waals surface area contributed by atoms with Gasteiger partial charge in [0.2, 0.25) is 0 Å². The summed E-state index contributed by atoms with van der Waals surface area (Å²) in [5, 5.41) is 1.71. The fraction of sp³-hybridized carbons (Fsp3) is 0.250. The summed E-state index contributed by atoms with van der Waals surface area (Å²) in [6, 6.07) is 7.54. The number of aromatic nitrogens is 1. The molecule has 2 aromatic rings. The Morgan fingerprint density at radius 3 is 3.06 bits per heavy atom. The summed E-state index contributed by atoms with van der Waals surface area (Å²) in [6.07, 6.45) is 1.85. The predicted molar refractivity (Wildman–Crippen MR) is 66.7 cm³/mol. The number of nitrogens with one attached hydrogen (secondary N) is 1. The van der Waals surface area contributed by atoms with Crippen LogP contribution in [0.5, 0.6) is 0 Å². The lowest BCUT2D eigenvalue weighted by Crippen LogP contribution is -2.27. The minimum Gasteiger partial charge on any atom is -0.338 e. The molecule has 1 heterocycles. The molecular weight excluding hydrogens is 240 g/mol. The average Bonchev–Trinajstić information content (AvgIpc) is 2.69. The summed E-state index contributed by atoms with van der Waals surface area (Å²) in [5.41, 5.74) is 3.29. The number of hydrogen-bond donors (Lipinski definition) is 1. The third-order valence-corrected chi connectivity index (χ3v) is 2.62. The zero-order chi connectivity index (χ0) is 12.3. The number of benzene rings is 1. The Morgan fingerprint density at radius 2 is 2.29 bits per heavy atom. The topological polar surface area (TPSA) is 43.3 Å². The molecule has 0 saturated heterocycles. The van der Waals surface area contributed by atoms with Crippen LogP contribution in [-0.2, 0) is 16.2 Å². The smallest absolute Gasteiger partial charge is 0.263 e. The lowest BCUT2D eigenvalue weighted by Gasteiger charge is -2.06. The van der Waals surface area contributed by atoms with Crippen molar-refractivity contribution >= 4 is 28.4 Å². The lowest BCUT2D eigenvalue weighted by molar-refractivity contribution is -0.133. The van der Waals surface area contributed by atoms with E-state index in [-0.39, 0.29) is 12.5 Å². The van der Waals surface area contributed by atoms with Crippen molar-refractivity contribution in [3.8, 4) is 0 Å². The first-order valence-corrected chi connectivity index (χ1v) is 5.73. The SMILES string of the molecule is CCONC(=O)Cn1ccc2ccc(Cl)cc21. The number of fused-ring (bicyclic) bond motifs is 1. The lowest BCUT2D eigenvalue weighted by atomic mass is 10.2. The van der Waals surface area contributed by atoms with Crippen LogP contribution in [0.2, 0.25) is 5.02 Å². The number of rotatable bonds is 4. The maximum atomic E-state index is 11.5. The van der Waals surface area contributed by atoms with Gasteiger partial charge in [-0.15, -0.1) is 0 Å². The minimum absolute atomic E-state index is 0.190. The molecule has 0 unspecified atom stereocenters. The zero-order valence-corrected chi connectivity index (χ0v) is 10.2. The van der Waals surface area contributed by atoms with E-state index in [9.17, 15) is 4.79 Å². The molecule has 0 aliphatic rings. The van der Waals surface area contributed by atoms with Crippen molar-refractivity contribution in [3.05, 3.63) is 35.5 Å². The van der Waals surface area contributed by atoms with Crippen LogP contribution in [0.4, 0.5) is 0 Å². The standard InChI is InChI=1S/C12H13ClN2O2/c1-2-17-14-12(16)8-15-6-5-9-3-4-10(13)7-11(9)15/h3-7H,2,8H2,1H3,(H,14,16). The minimum atomic E-state index is -0.190. The molecule has 17 heavy (non-hydrogen) atoms. The number of halogens is 1. The quantitative estimate of drug-likeness (QED) is 0.849. The van der Waals surface area contributed by atoms with Crippen LogP contribution < -0.4 is 5.48 Å². The molecule has 0 bridgehead atoms. The predicted octanol–water partition coefficient (Wildman–Crippen LogP) is 2.36. The van der Waals surface area contributed by atoms with Gasteiger partial charge in [-0.2, -0.15) is 0 Å². The molecule has 1 amide bonds.